The zero-order valence-electron chi connectivity index (χ0n) is 11.7. The number of aliphatic hydroxyl groups excluding tert-OH is 1. The van der Waals surface area contributed by atoms with Gasteiger partial charge < -0.3 is 10.4 Å². The lowest BCUT2D eigenvalue weighted by Crippen LogP contribution is -2.35. The van der Waals surface area contributed by atoms with Gasteiger partial charge in [0.15, 0.2) is 0 Å². The van der Waals surface area contributed by atoms with Crippen molar-refractivity contribution >= 4 is 11.4 Å². The molecule has 0 radical (unpaired) electrons. The molecule has 1 saturated heterocycles. The first-order chi connectivity index (χ1) is 9.61. The Morgan fingerprint density at radius 3 is 2.75 bits per heavy atom. The Balaban J connectivity index is 2.17. The van der Waals surface area contributed by atoms with Gasteiger partial charge in [-0.05, 0) is 25.3 Å². The second-order valence-corrected chi connectivity index (χ2v) is 5.11. The van der Waals surface area contributed by atoms with Crippen molar-refractivity contribution in [2.45, 2.75) is 32.4 Å². The van der Waals surface area contributed by atoms with Gasteiger partial charge in [-0.25, -0.2) is 0 Å². The van der Waals surface area contributed by atoms with E-state index in [2.05, 4.69) is 10.2 Å². The van der Waals surface area contributed by atoms with Crippen molar-refractivity contribution in [1.29, 1.82) is 0 Å². The van der Waals surface area contributed by atoms with Crippen molar-refractivity contribution < 1.29 is 10.0 Å². The minimum absolute atomic E-state index is 0.126. The van der Waals surface area contributed by atoms with Gasteiger partial charge in [-0.2, -0.15) is 0 Å². The number of nitro benzene ring substituents is 1. The van der Waals surface area contributed by atoms with Crippen molar-refractivity contribution in [2.24, 2.45) is 0 Å². The van der Waals surface area contributed by atoms with Crippen LogP contribution in [0.25, 0.3) is 0 Å². The van der Waals surface area contributed by atoms with Gasteiger partial charge in [0.1, 0.15) is 5.69 Å². The molecule has 1 aromatic rings. The number of aliphatic hydroxyl groups is 1. The minimum atomic E-state index is -0.346. The van der Waals surface area contributed by atoms with E-state index in [0.29, 0.717) is 18.8 Å². The number of nitrogens with one attached hydrogen (secondary N) is 1. The number of nitrogens with zero attached hydrogens (tertiary/aromatic N) is 2. The minimum Gasteiger partial charge on any atom is -0.393 e. The van der Waals surface area contributed by atoms with Crippen molar-refractivity contribution in [1.82, 2.24) is 4.90 Å². The molecule has 1 fully saturated rings. The predicted octanol–water partition coefficient (Wildman–Crippen LogP) is 1.98. The Labute approximate surface area is 118 Å². The van der Waals surface area contributed by atoms with Crippen LogP contribution < -0.4 is 5.32 Å². The van der Waals surface area contributed by atoms with Gasteiger partial charge in [0.2, 0.25) is 0 Å². The highest BCUT2D eigenvalue weighted by Crippen LogP contribution is 2.29. The van der Waals surface area contributed by atoms with E-state index in [4.69, 9.17) is 0 Å². The van der Waals surface area contributed by atoms with Crippen LogP contribution >= 0.6 is 0 Å². The van der Waals surface area contributed by atoms with E-state index in [-0.39, 0.29) is 16.7 Å². The second-order valence-electron chi connectivity index (χ2n) is 5.11. The highest BCUT2D eigenvalue weighted by Gasteiger charge is 2.21. The largest absolute Gasteiger partial charge is 0.393 e. The number of rotatable bonds is 5. The van der Waals surface area contributed by atoms with Crippen LogP contribution in [-0.4, -0.2) is 40.7 Å². The predicted molar refractivity (Wildman–Crippen MR) is 77.8 cm³/mol. The molecule has 2 N–H and O–H groups in total. The van der Waals surface area contributed by atoms with Crippen molar-refractivity contribution in [3.8, 4) is 0 Å². The number of nitro groups is 1. The molecule has 6 nitrogen and oxygen atoms in total. The summed E-state index contributed by atoms with van der Waals surface area (Å²) < 4.78 is 0. The zero-order chi connectivity index (χ0) is 14.5. The van der Waals surface area contributed by atoms with Crippen LogP contribution in [0.1, 0.15) is 25.3 Å². The standard InChI is InChI=1S/C14H21N3O3/c1-2-15-14-11(4-3-5-13(14)17(19)20)10-16-8-6-12(18)7-9-16/h3-5,12,15,18H,2,6-10H2,1H3. The number of hydrogen-bond donors (Lipinski definition) is 2. The molecule has 1 aliphatic rings. The number of likely N-dealkylation sites (tertiary alicyclic amines) is 1. The Morgan fingerprint density at radius 1 is 1.45 bits per heavy atom. The Morgan fingerprint density at radius 2 is 2.15 bits per heavy atom. The summed E-state index contributed by atoms with van der Waals surface area (Å²) in [6.07, 6.45) is 1.33. The van der Waals surface area contributed by atoms with E-state index in [1.54, 1.807) is 6.07 Å². The molecular formula is C14H21N3O3. The molecule has 0 bridgehead atoms. The topological polar surface area (TPSA) is 78.6 Å². The van der Waals surface area contributed by atoms with E-state index in [1.165, 1.54) is 6.07 Å². The van der Waals surface area contributed by atoms with Crippen LogP contribution in [0.4, 0.5) is 11.4 Å². The van der Waals surface area contributed by atoms with Crippen LogP contribution in [0.15, 0.2) is 18.2 Å². The Bertz CT molecular complexity index is 471. The summed E-state index contributed by atoms with van der Waals surface area (Å²) >= 11 is 0. The SMILES string of the molecule is CCNc1c(CN2CCC(O)CC2)cccc1[N+](=O)[O-]. The fraction of sp³-hybridized carbons (Fsp3) is 0.571. The van der Waals surface area contributed by atoms with E-state index >= 15 is 0 Å². The average molecular weight is 279 g/mol. The maximum absolute atomic E-state index is 11.1. The van der Waals surface area contributed by atoms with Gasteiger partial charge in [0.25, 0.3) is 5.69 Å². The molecule has 1 heterocycles. The summed E-state index contributed by atoms with van der Waals surface area (Å²) in [5.74, 6) is 0. The third kappa shape index (κ3) is 3.46. The summed E-state index contributed by atoms with van der Waals surface area (Å²) in [5, 5.41) is 23.7. The van der Waals surface area contributed by atoms with E-state index in [0.717, 1.165) is 31.5 Å². The first-order valence-electron chi connectivity index (χ1n) is 7.02. The molecule has 1 aromatic carbocycles. The van der Waals surface area contributed by atoms with Crippen LogP contribution in [-0.2, 0) is 6.54 Å². The Kier molecular flexibility index (Phi) is 4.92. The normalized spacial score (nSPS) is 17.1. The van der Waals surface area contributed by atoms with E-state index < -0.39 is 0 Å². The smallest absolute Gasteiger partial charge is 0.292 e. The molecule has 2 rings (SSSR count). The number of para-hydroxylation sites is 1. The molecule has 0 spiro atoms. The second kappa shape index (κ2) is 6.67. The molecule has 0 aromatic heterocycles. The molecule has 0 unspecified atom stereocenters. The lowest BCUT2D eigenvalue weighted by atomic mass is 10.1. The number of piperidine rings is 1. The zero-order valence-corrected chi connectivity index (χ0v) is 11.7. The van der Waals surface area contributed by atoms with E-state index in [9.17, 15) is 15.2 Å². The first-order valence-corrected chi connectivity index (χ1v) is 7.02. The maximum atomic E-state index is 11.1. The summed E-state index contributed by atoms with van der Waals surface area (Å²) in [4.78, 5) is 13.0. The fourth-order valence-corrected chi connectivity index (χ4v) is 2.57. The van der Waals surface area contributed by atoms with Crippen molar-refractivity contribution in [3.63, 3.8) is 0 Å². The van der Waals surface area contributed by atoms with Gasteiger partial charge >= 0.3 is 0 Å². The lowest BCUT2D eigenvalue weighted by molar-refractivity contribution is -0.384. The fourth-order valence-electron chi connectivity index (χ4n) is 2.57. The average Bonchev–Trinajstić information content (AvgIpc) is 2.43. The molecule has 0 saturated carbocycles. The highest BCUT2D eigenvalue weighted by atomic mass is 16.6. The van der Waals surface area contributed by atoms with Gasteiger partial charge in [0, 0.05) is 32.2 Å². The molecule has 6 heteroatoms. The summed E-state index contributed by atoms with van der Waals surface area (Å²) in [6, 6.07) is 5.19. The molecular weight excluding hydrogens is 258 g/mol. The van der Waals surface area contributed by atoms with Gasteiger partial charge in [-0.3, -0.25) is 15.0 Å². The van der Waals surface area contributed by atoms with Gasteiger partial charge in [-0.1, -0.05) is 12.1 Å². The number of hydrogen-bond acceptors (Lipinski definition) is 5. The van der Waals surface area contributed by atoms with Gasteiger partial charge in [-0.15, -0.1) is 0 Å². The van der Waals surface area contributed by atoms with Crippen LogP contribution in [0.3, 0.4) is 0 Å². The van der Waals surface area contributed by atoms with Crippen LogP contribution in [0.5, 0.6) is 0 Å². The third-order valence-electron chi connectivity index (χ3n) is 3.63. The third-order valence-corrected chi connectivity index (χ3v) is 3.63. The molecule has 0 atom stereocenters. The van der Waals surface area contributed by atoms with Crippen LogP contribution in [0.2, 0.25) is 0 Å². The summed E-state index contributed by atoms with van der Waals surface area (Å²) in [7, 11) is 0. The van der Waals surface area contributed by atoms with E-state index in [1.807, 2.05) is 13.0 Å². The number of benzene rings is 1. The quantitative estimate of drug-likeness (QED) is 0.636. The molecule has 0 amide bonds. The van der Waals surface area contributed by atoms with Crippen molar-refractivity contribution in [3.05, 3.63) is 33.9 Å². The number of anilines is 1. The van der Waals surface area contributed by atoms with Gasteiger partial charge in [0.05, 0.1) is 11.0 Å². The maximum Gasteiger partial charge on any atom is 0.292 e. The monoisotopic (exact) mass is 279 g/mol. The molecule has 110 valence electrons. The summed E-state index contributed by atoms with van der Waals surface area (Å²) in [6.45, 7) is 4.91. The highest BCUT2D eigenvalue weighted by molar-refractivity contribution is 5.66. The summed E-state index contributed by atoms with van der Waals surface area (Å²) in [5.41, 5.74) is 1.69. The molecule has 0 aliphatic carbocycles. The lowest BCUT2D eigenvalue weighted by Gasteiger charge is -2.30. The first kappa shape index (κ1) is 14.7. The van der Waals surface area contributed by atoms with Crippen molar-refractivity contribution in [2.75, 3.05) is 25.0 Å². The van der Waals surface area contributed by atoms with Crippen LogP contribution in [0, 0.1) is 10.1 Å². The molecule has 1 aliphatic heterocycles. The molecule has 20 heavy (non-hydrogen) atoms. The Hall–Kier alpha value is -1.66.